The zero-order valence-electron chi connectivity index (χ0n) is 23.7. The summed E-state index contributed by atoms with van der Waals surface area (Å²) in [5, 5.41) is 0. The first-order valence-corrected chi connectivity index (χ1v) is 13.5. The molecule has 8 nitrogen and oxygen atoms in total. The molecule has 0 aliphatic carbocycles. The van der Waals surface area contributed by atoms with Gasteiger partial charge in [-0.1, -0.05) is 6.42 Å². The molecule has 0 saturated carbocycles. The summed E-state index contributed by atoms with van der Waals surface area (Å²) in [7, 11) is 8.19. The van der Waals surface area contributed by atoms with Crippen molar-refractivity contribution in [2.75, 3.05) is 55.2 Å². The fourth-order valence-electron chi connectivity index (χ4n) is 6.02. The first-order valence-electron chi connectivity index (χ1n) is 13.5. The summed E-state index contributed by atoms with van der Waals surface area (Å²) in [6, 6.07) is 8.49. The fraction of sp³-hybridized carbons (Fsp3) is 0.567. The third kappa shape index (κ3) is 5.80. The Morgan fingerprint density at radius 3 is 2.05 bits per heavy atom. The van der Waals surface area contributed by atoms with Gasteiger partial charge < -0.3 is 28.6 Å². The van der Waals surface area contributed by atoms with Crippen molar-refractivity contribution < 1.29 is 28.5 Å². The van der Waals surface area contributed by atoms with Crippen LogP contribution in [0.25, 0.3) is 0 Å². The number of rotatable bonds is 10. The van der Waals surface area contributed by atoms with E-state index < -0.39 is 0 Å². The van der Waals surface area contributed by atoms with Crippen molar-refractivity contribution in [3.63, 3.8) is 0 Å². The summed E-state index contributed by atoms with van der Waals surface area (Å²) < 4.78 is 27.6. The number of carbonyl (C=O) groups excluding carboxylic acids is 1. The molecule has 2 aliphatic rings. The van der Waals surface area contributed by atoms with Crippen molar-refractivity contribution in [1.29, 1.82) is 0 Å². The van der Waals surface area contributed by atoms with Gasteiger partial charge in [-0.3, -0.25) is 9.69 Å². The standard InChI is InChI=1S/C30H42N2O6/c1-20(32-14-11-22-17-25(34-2)26(35-3)18-23(22)19-29(32)33)24-9-7-8-12-31(24)13-10-21-15-27(36-4)30(38-6)28(16-21)37-5/h15-18,20,24H,7-14,19H2,1-6H3. The zero-order chi connectivity index (χ0) is 27.2. The maximum absolute atomic E-state index is 13.5. The topological polar surface area (TPSA) is 69.7 Å². The van der Waals surface area contributed by atoms with Crippen molar-refractivity contribution in [1.82, 2.24) is 9.80 Å². The first-order chi connectivity index (χ1) is 18.4. The van der Waals surface area contributed by atoms with E-state index in [0.717, 1.165) is 49.0 Å². The molecule has 2 heterocycles. The molecule has 1 fully saturated rings. The van der Waals surface area contributed by atoms with Crippen molar-refractivity contribution in [3.05, 3.63) is 41.0 Å². The Morgan fingerprint density at radius 2 is 1.45 bits per heavy atom. The largest absolute Gasteiger partial charge is 0.493 e. The van der Waals surface area contributed by atoms with Crippen LogP contribution >= 0.6 is 0 Å². The molecule has 8 heteroatoms. The maximum Gasteiger partial charge on any atom is 0.227 e. The van der Waals surface area contributed by atoms with Crippen LogP contribution < -0.4 is 23.7 Å². The third-order valence-electron chi connectivity index (χ3n) is 8.11. The van der Waals surface area contributed by atoms with Crippen LogP contribution in [0, 0.1) is 0 Å². The first kappa shape index (κ1) is 27.9. The second kappa shape index (κ2) is 12.6. The molecule has 4 rings (SSSR count). The number of hydrogen-bond acceptors (Lipinski definition) is 7. The van der Waals surface area contributed by atoms with E-state index in [-0.39, 0.29) is 11.9 Å². The zero-order valence-corrected chi connectivity index (χ0v) is 23.7. The highest BCUT2D eigenvalue weighted by Gasteiger charge is 2.34. The number of nitrogens with zero attached hydrogens (tertiary/aromatic N) is 2. The van der Waals surface area contributed by atoms with E-state index in [9.17, 15) is 4.79 Å². The van der Waals surface area contributed by atoms with Crippen molar-refractivity contribution in [2.24, 2.45) is 0 Å². The number of carbonyl (C=O) groups is 1. The second-order valence-electron chi connectivity index (χ2n) is 10.1. The van der Waals surface area contributed by atoms with E-state index in [0.29, 0.717) is 47.8 Å². The van der Waals surface area contributed by atoms with Gasteiger partial charge >= 0.3 is 0 Å². The number of likely N-dealkylation sites (tertiary alicyclic amines) is 1. The third-order valence-corrected chi connectivity index (χ3v) is 8.11. The van der Waals surface area contributed by atoms with Crippen LogP contribution in [0.4, 0.5) is 0 Å². The summed E-state index contributed by atoms with van der Waals surface area (Å²) in [6.07, 6.45) is 5.51. The van der Waals surface area contributed by atoms with Crippen LogP contribution in [0.15, 0.2) is 24.3 Å². The van der Waals surface area contributed by atoms with Gasteiger partial charge in [-0.05, 0) is 80.1 Å². The van der Waals surface area contributed by atoms with E-state index in [4.69, 9.17) is 23.7 Å². The number of fused-ring (bicyclic) bond motifs is 1. The Labute approximate surface area is 226 Å². The van der Waals surface area contributed by atoms with Crippen LogP contribution in [0.1, 0.15) is 42.9 Å². The predicted octanol–water partition coefficient (Wildman–Crippen LogP) is 4.14. The highest BCUT2D eigenvalue weighted by Crippen LogP contribution is 2.38. The van der Waals surface area contributed by atoms with Crippen LogP contribution in [0.5, 0.6) is 28.7 Å². The van der Waals surface area contributed by atoms with Gasteiger partial charge in [0.15, 0.2) is 23.0 Å². The Morgan fingerprint density at radius 1 is 0.816 bits per heavy atom. The molecule has 2 aliphatic heterocycles. The lowest BCUT2D eigenvalue weighted by atomic mass is 9.94. The molecule has 0 N–H and O–H groups in total. The highest BCUT2D eigenvalue weighted by atomic mass is 16.5. The summed E-state index contributed by atoms with van der Waals surface area (Å²) in [5.74, 6) is 3.52. The molecular weight excluding hydrogens is 484 g/mol. The average molecular weight is 527 g/mol. The molecule has 2 unspecified atom stereocenters. The van der Waals surface area contributed by atoms with Gasteiger partial charge in [0.05, 0.1) is 42.0 Å². The smallest absolute Gasteiger partial charge is 0.227 e. The Balaban J connectivity index is 1.48. The van der Waals surface area contributed by atoms with Crippen LogP contribution in [0.2, 0.25) is 0 Å². The number of piperidine rings is 1. The molecule has 0 aromatic heterocycles. The summed E-state index contributed by atoms with van der Waals surface area (Å²) in [4.78, 5) is 18.2. The van der Waals surface area contributed by atoms with Gasteiger partial charge in [-0.15, -0.1) is 0 Å². The SMILES string of the molecule is COc1cc2c(cc1OC)CC(=O)N(C(C)C1CCCCN1CCc1cc(OC)c(OC)c(OC)c1)CC2. The highest BCUT2D eigenvalue weighted by molar-refractivity contribution is 5.80. The lowest BCUT2D eigenvalue weighted by molar-refractivity contribution is -0.134. The lowest BCUT2D eigenvalue weighted by Crippen LogP contribution is -2.54. The predicted molar refractivity (Wildman–Crippen MR) is 147 cm³/mol. The Bertz CT molecular complexity index is 1100. The number of amides is 1. The second-order valence-corrected chi connectivity index (χ2v) is 10.1. The molecule has 1 saturated heterocycles. The number of methoxy groups -OCH3 is 5. The van der Waals surface area contributed by atoms with Crippen LogP contribution in [0.3, 0.4) is 0 Å². The molecule has 208 valence electrons. The van der Waals surface area contributed by atoms with Gasteiger partial charge in [-0.2, -0.15) is 0 Å². The van der Waals surface area contributed by atoms with E-state index in [1.807, 2.05) is 24.3 Å². The minimum absolute atomic E-state index is 0.126. The van der Waals surface area contributed by atoms with Crippen LogP contribution in [-0.2, 0) is 24.1 Å². The van der Waals surface area contributed by atoms with E-state index >= 15 is 0 Å². The normalized spacial score (nSPS) is 18.8. The number of ether oxygens (including phenoxy) is 5. The van der Waals surface area contributed by atoms with E-state index in [2.05, 4.69) is 16.7 Å². The molecule has 38 heavy (non-hydrogen) atoms. The maximum atomic E-state index is 13.5. The average Bonchev–Trinajstić information content (AvgIpc) is 3.11. The molecule has 0 spiro atoms. The lowest BCUT2D eigenvalue weighted by Gasteiger charge is -2.43. The van der Waals surface area contributed by atoms with Crippen molar-refractivity contribution >= 4 is 5.91 Å². The molecule has 0 radical (unpaired) electrons. The van der Waals surface area contributed by atoms with Gasteiger partial charge in [0.2, 0.25) is 11.7 Å². The number of benzene rings is 2. The minimum Gasteiger partial charge on any atom is -0.493 e. The summed E-state index contributed by atoms with van der Waals surface area (Å²) >= 11 is 0. The summed E-state index contributed by atoms with van der Waals surface area (Å²) in [5.41, 5.74) is 3.33. The molecule has 2 aromatic carbocycles. The molecule has 2 atom stereocenters. The molecular formula is C30H42N2O6. The van der Waals surface area contributed by atoms with Gasteiger partial charge in [0.1, 0.15) is 0 Å². The van der Waals surface area contributed by atoms with E-state index in [1.54, 1.807) is 35.5 Å². The molecule has 1 amide bonds. The molecule has 2 aromatic rings. The van der Waals surface area contributed by atoms with Gasteiger partial charge in [-0.25, -0.2) is 0 Å². The van der Waals surface area contributed by atoms with Crippen molar-refractivity contribution in [2.45, 2.75) is 57.5 Å². The number of hydrogen-bond donors (Lipinski definition) is 0. The van der Waals surface area contributed by atoms with Crippen molar-refractivity contribution in [3.8, 4) is 28.7 Å². The molecule has 0 bridgehead atoms. The minimum atomic E-state index is 0.126. The monoisotopic (exact) mass is 526 g/mol. The van der Waals surface area contributed by atoms with Crippen LogP contribution in [-0.4, -0.2) is 83.0 Å². The van der Waals surface area contributed by atoms with E-state index in [1.165, 1.54) is 12.8 Å². The van der Waals surface area contributed by atoms with Gasteiger partial charge in [0.25, 0.3) is 0 Å². The van der Waals surface area contributed by atoms with Gasteiger partial charge in [0, 0.05) is 25.2 Å². The summed E-state index contributed by atoms with van der Waals surface area (Å²) in [6.45, 7) is 4.87. The Kier molecular flexibility index (Phi) is 9.26. The fourth-order valence-corrected chi connectivity index (χ4v) is 6.02. The Hall–Kier alpha value is -3.13. The quantitative estimate of drug-likeness (QED) is 0.461.